The SMILES string of the molecule is C=C1/C(=C/c2cc(C)c(C(C)(C)CC)s2)CNC(=S)C1c1ccc(Cc2ccccc2)cc1.CC.CC.O. The molecule has 38 heavy (non-hydrogen) atoms. The summed E-state index contributed by atoms with van der Waals surface area (Å²) >= 11 is 7.64. The molecule has 1 unspecified atom stereocenters. The van der Waals surface area contributed by atoms with Crippen LogP contribution < -0.4 is 5.32 Å². The van der Waals surface area contributed by atoms with E-state index in [1.54, 1.807) is 0 Å². The number of hydrogen-bond donors (Lipinski definition) is 1. The van der Waals surface area contributed by atoms with Gasteiger partial charge in [-0.05, 0) is 70.7 Å². The number of thiocarbonyl (C=S) groups is 1. The van der Waals surface area contributed by atoms with Gasteiger partial charge in [-0.15, -0.1) is 11.3 Å². The summed E-state index contributed by atoms with van der Waals surface area (Å²) in [4.78, 5) is 3.64. The van der Waals surface area contributed by atoms with Crippen molar-refractivity contribution in [3.05, 3.63) is 110 Å². The third-order valence-electron chi connectivity index (χ3n) is 6.79. The molecular weight excluding hydrogens is 503 g/mol. The minimum absolute atomic E-state index is 0. The fourth-order valence-electron chi connectivity index (χ4n) is 4.48. The van der Waals surface area contributed by atoms with E-state index in [2.05, 4.69) is 106 Å². The van der Waals surface area contributed by atoms with Crippen LogP contribution in [0.5, 0.6) is 0 Å². The Labute approximate surface area is 241 Å². The zero-order chi connectivity index (χ0) is 27.6. The van der Waals surface area contributed by atoms with Crippen molar-refractivity contribution < 1.29 is 5.48 Å². The van der Waals surface area contributed by atoms with E-state index in [9.17, 15) is 0 Å². The normalized spacial score (nSPS) is 15.9. The minimum Gasteiger partial charge on any atom is -0.412 e. The van der Waals surface area contributed by atoms with Gasteiger partial charge in [0.1, 0.15) is 0 Å². The molecule has 206 valence electrons. The average Bonchev–Trinajstić information content (AvgIpc) is 3.30. The third kappa shape index (κ3) is 8.23. The maximum Gasteiger partial charge on any atom is 0.0876 e. The van der Waals surface area contributed by atoms with Crippen LogP contribution in [0.25, 0.3) is 6.08 Å². The Kier molecular flexibility index (Phi) is 13.9. The first-order valence-electron chi connectivity index (χ1n) is 13.7. The molecule has 1 saturated heterocycles. The standard InChI is InChI=1S/C30H33NS2.2C2H6.H2O/c1-6-30(4,5)28-20(2)16-26(33-28)18-25-19-31-29(32)27(21(25)3)24-14-12-23(13-15-24)17-22-10-8-7-9-11-22;2*1-2;/h7-16,18,27H,3,6,17,19H2,1-2,4-5H3,(H,31,32);2*1-2H3;1H2/b25-18+;;;. The molecule has 1 fully saturated rings. The summed E-state index contributed by atoms with van der Waals surface area (Å²) in [6.45, 7) is 22.4. The van der Waals surface area contributed by atoms with Gasteiger partial charge in [0.15, 0.2) is 0 Å². The molecule has 1 aliphatic rings. The van der Waals surface area contributed by atoms with Crippen LogP contribution >= 0.6 is 23.6 Å². The highest BCUT2D eigenvalue weighted by atomic mass is 32.1. The molecule has 4 rings (SSSR count). The van der Waals surface area contributed by atoms with Gasteiger partial charge in [-0.2, -0.15) is 0 Å². The highest BCUT2D eigenvalue weighted by molar-refractivity contribution is 7.80. The molecule has 3 N–H and O–H groups in total. The van der Waals surface area contributed by atoms with Crippen molar-refractivity contribution in [2.45, 2.75) is 79.6 Å². The second kappa shape index (κ2) is 15.8. The summed E-state index contributed by atoms with van der Waals surface area (Å²) in [6.07, 6.45) is 4.38. The van der Waals surface area contributed by atoms with Gasteiger partial charge < -0.3 is 10.8 Å². The molecule has 1 aliphatic heterocycles. The molecule has 4 heteroatoms. The summed E-state index contributed by atoms with van der Waals surface area (Å²) < 4.78 is 0. The minimum atomic E-state index is 0. The van der Waals surface area contributed by atoms with Crippen molar-refractivity contribution >= 4 is 34.6 Å². The fourth-order valence-corrected chi connectivity index (χ4v) is 6.14. The molecular formula is C34H47NOS2. The Hall–Kier alpha value is -2.53. The molecule has 1 atom stereocenters. The van der Waals surface area contributed by atoms with E-state index in [-0.39, 0.29) is 16.8 Å². The Bertz CT molecular complexity index is 1190. The maximum absolute atomic E-state index is 5.73. The maximum atomic E-state index is 5.73. The number of aryl methyl sites for hydroxylation is 1. The zero-order valence-electron chi connectivity index (χ0n) is 24.6. The van der Waals surface area contributed by atoms with Gasteiger partial charge in [0.25, 0.3) is 0 Å². The lowest BCUT2D eigenvalue weighted by atomic mass is 9.83. The van der Waals surface area contributed by atoms with Crippen molar-refractivity contribution in [3.8, 4) is 0 Å². The van der Waals surface area contributed by atoms with Crippen molar-refractivity contribution in [3.63, 3.8) is 0 Å². The molecule has 2 aromatic carbocycles. The van der Waals surface area contributed by atoms with E-state index >= 15 is 0 Å². The van der Waals surface area contributed by atoms with Gasteiger partial charge in [0.05, 0.1) is 10.9 Å². The Morgan fingerprint density at radius 3 is 2.16 bits per heavy atom. The summed E-state index contributed by atoms with van der Waals surface area (Å²) in [6, 6.07) is 21.8. The van der Waals surface area contributed by atoms with E-state index in [0.717, 1.165) is 29.9 Å². The van der Waals surface area contributed by atoms with E-state index < -0.39 is 0 Å². The van der Waals surface area contributed by atoms with E-state index in [4.69, 9.17) is 12.2 Å². The first-order chi connectivity index (χ1) is 17.8. The van der Waals surface area contributed by atoms with E-state index in [1.165, 1.54) is 37.6 Å². The van der Waals surface area contributed by atoms with Gasteiger partial charge in [0, 0.05) is 16.3 Å². The highest BCUT2D eigenvalue weighted by Crippen LogP contribution is 2.39. The third-order valence-corrected chi connectivity index (χ3v) is 8.72. The van der Waals surface area contributed by atoms with Gasteiger partial charge in [0.2, 0.25) is 0 Å². The van der Waals surface area contributed by atoms with Gasteiger partial charge >= 0.3 is 0 Å². The average molecular weight is 550 g/mol. The summed E-state index contributed by atoms with van der Waals surface area (Å²) in [7, 11) is 0. The van der Waals surface area contributed by atoms with Crippen LogP contribution in [0.4, 0.5) is 0 Å². The lowest BCUT2D eigenvalue weighted by Gasteiger charge is -2.30. The van der Waals surface area contributed by atoms with Crippen LogP contribution in [0.3, 0.4) is 0 Å². The lowest BCUT2D eigenvalue weighted by molar-refractivity contribution is 0.514. The Balaban J connectivity index is 0.00000138. The van der Waals surface area contributed by atoms with Crippen LogP contribution in [0.1, 0.15) is 92.8 Å². The number of rotatable bonds is 6. The van der Waals surface area contributed by atoms with Crippen LogP contribution in [0.15, 0.2) is 78.4 Å². The first kappa shape index (κ1) is 33.5. The Morgan fingerprint density at radius 2 is 1.58 bits per heavy atom. The topological polar surface area (TPSA) is 43.5 Å². The molecule has 2 heterocycles. The number of nitrogens with one attached hydrogen (secondary N) is 1. The lowest BCUT2D eigenvalue weighted by Crippen LogP contribution is -2.36. The fraction of sp³-hybridized carbons (Fsp3) is 0.382. The molecule has 1 aromatic heterocycles. The zero-order valence-corrected chi connectivity index (χ0v) is 26.2. The van der Waals surface area contributed by atoms with E-state index in [0.29, 0.717) is 0 Å². The van der Waals surface area contributed by atoms with Gasteiger partial charge in [-0.25, -0.2) is 0 Å². The smallest absolute Gasteiger partial charge is 0.0876 e. The number of thiophene rings is 1. The number of piperidine rings is 1. The van der Waals surface area contributed by atoms with Crippen molar-refractivity contribution in [2.24, 2.45) is 0 Å². The van der Waals surface area contributed by atoms with E-state index in [1.807, 2.05) is 39.0 Å². The van der Waals surface area contributed by atoms with Gasteiger partial charge in [-0.1, -0.05) is 122 Å². The molecule has 3 aromatic rings. The molecule has 0 saturated carbocycles. The molecule has 0 radical (unpaired) electrons. The molecule has 0 amide bonds. The predicted molar refractivity (Wildman–Crippen MR) is 175 cm³/mol. The van der Waals surface area contributed by atoms with Crippen LogP contribution in [-0.4, -0.2) is 17.0 Å². The van der Waals surface area contributed by atoms with Gasteiger partial charge in [-0.3, -0.25) is 0 Å². The van der Waals surface area contributed by atoms with Crippen LogP contribution in [0, 0.1) is 6.92 Å². The highest BCUT2D eigenvalue weighted by Gasteiger charge is 2.28. The molecule has 2 nitrogen and oxygen atoms in total. The van der Waals surface area contributed by atoms with Crippen molar-refractivity contribution in [2.75, 3.05) is 6.54 Å². The van der Waals surface area contributed by atoms with Crippen molar-refractivity contribution in [1.29, 1.82) is 0 Å². The quantitative estimate of drug-likeness (QED) is 0.311. The molecule has 0 spiro atoms. The second-order valence-corrected chi connectivity index (χ2v) is 11.2. The van der Waals surface area contributed by atoms with Crippen molar-refractivity contribution in [1.82, 2.24) is 5.32 Å². The molecule has 0 bridgehead atoms. The van der Waals surface area contributed by atoms with Crippen LogP contribution in [0.2, 0.25) is 0 Å². The number of benzene rings is 2. The monoisotopic (exact) mass is 549 g/mol. The summed E-state index contributed by atoms with van der Waals surface area (Å²) in [5.41, 5.74) is 7.77. The molecule has 0 aliphatic carbocycles. The Morgan fingerprint density at radius 1 is 1.00 bits per heavy atom. The summed E-state index contributed by atoms with van der Waals surface area (Å²) in [5, 5.41) is 3.46. The first-order valence-corrected chi connectivity index (χ1v) is 14.9. The number of hydrogen-bond acceptors (Lipinski definition) is 2. The largest absolute Gasteiger partial charge is 0.412 e. The summed E-state index contributed by atoms with van der Waals surface area (Å²) in [5.74, 6) is 0.0263. The second-order valence-electron chi connectivity index (χ2n) is 9.65. The van der Waals surface area contributed by atoms with Crippen LogP contribution in [-0.2, 0) is 11.8 Å². The predicted octanol–water partition coefficient (Wildman–Crippen LogP) is 9.22.